The van der Waals surface area contributed by atoms with Crippen LogP contribution in [0.4, 0.5) is 0 Å². The lowest BCUT2D eigenvalue weighted by Gasteiger charge is -2.23. The Morgan fingerprint density at radius 3 is 1.64 bits per heavy atom. The Hall–Kier alpha value is -1.71. The fourth-order valence-electron chi connectivity index (χ4n) is 1.66. The molecule has 22 heavy (non-hydrogen) atoms. The second kappa shape index (κ2) is 10.1. The van der Waals surface area contributed by atoms with Gasteiger partial charge in [-0.2, -0.15) is 0 Å². The summed E-state index contributed by atoms with van der Waals surface area (Å²) in [6.07, 6.45) is 0. The Kier molecular flexibility index (Phi) is 9.31. The molecule has 0 atom stereocenters. The fourth-order valence-corrected chi connectivity index (χ4v) is 2.08. The van der Waals surface area contributed by atoms with Gasteiger partial charge in [0.25, 0.3) is 11.9 Å². The van der Waals surface area contributed by atoms with Crippen LogP contribution in [0.3, 0.4) is 0 Å². The summed E-state index contributed by atoms with van der Waals surface area (Å²) in [6, 6.07) is 0. The highest BCUT2D eigenvalue weighted by atomic mass is 27.2. The molecule has 0 spiro atoms. The minimum absolute atomic E-state index is 0. The molecule has 12 heteroatoms. The van der Waals surface area contributed by atoms with E-state index in [0.717, 1.165) is 0 Å². The van der Waals surface area contributed by atoms with Crippen molar-refractivity contribution >= 4 is 39.8 Å². The van der Waals surface area contributed by atoms with Crippen molar-refractivity contribution in [1.82, 2.24) is 9.80 Å². The minimum Gasteiger partial charge on any atom is -0.588 e. The van der Waals surface area contributed by atoms with E-state index < -0.39 is 39.8 Å². The average molecular weight is 335 g/mol. The number of aliphatic carboxylic acids is 2. The Morgan fingerprint density at radius 1 is 0.955 bits per heavy atom. The van der Waals surface area contributed by atoms with Crippen molar-refractivity contribution in [2.75, 3.05) is 39.3 Å². The van der Waals surface area contributed by atoms with Crippen LogP contribution in [-0.4, -0.2) is 105 Å². The van der Waals surface area contributed by atoms with Gasteiger partial charge in [-0.15, -0.1) is 0 Å². The van der Waals surface area contributed by atoms with Crippen LogP contribution >= 0.6 is 0 Å². The molecule has 1 saturated heterocycles. The van der Waals surface area contributed by atoms with Gasteiger partial charge in [-0.05, 0) is 0 Å². The number of hydrogen-bond donors (Lipinski definition) is 2. The van der Waals surface area contributed by atoms with Gasteiger partial charge in [-0.1, -0.05) is 0 Å². The Morgan fingerprint density at radius 2 is 1.32 bits per heavy atom. The summed E-state index contributed by atoms with van der Waals surface area (Å²) in [7, 11) is 0. The first kappa shape index (κ1) is 20.3. The molecule has 0 aromatic heterocycles. The van der Waals surface area contributed by atoms with E-state index in [1.807, 2.05) is 0 Å². The van der Waals surface area contributed by atoms with Crippen molar-refractivity contribution < 1.29 is 42.4 Å². The second-order valence-corrected chi connectivity index (χ2v) is 4.95. The highest BCUT2D eigenvalue weighted by molar-refractivity contribution is 6.26. The third kappa shape index (κ3) is 8.55. The van der Waals surface area contributed by atoms with Crippen LogP contribution < -0.4 is 0 Å². The lowest BCUT2D eigenvalue weighted by Crippen LogP contribution is -2.43. The predicted molar refractivity (Wildman–Crippen MR) is 69.7 cm³/mol. The number of hydrogen-bond acceptors (Lipinski definition) is 8. The summed E-state index contributed by atoms with van der Waals surface area (Å²) in [5.74, 6) is -3.62. The molecule has 0 aromatic carbocycles. The van der Waals surface area contributed by atoms with Gasteiger partial charge >= 0.3 is 27.8 Å². The van der Waals surface area contributed by atoms with Gasteiger partial charge in [0.1, 0.15) is 0 Å². The van der Waals surface area contributed by atoms with Crippen LogP contribution in [0, 0.1) is 0 Å². The van der Waals surface area contributed by atoms with E-state index >= 15 is 0 Å². The number of carbonyl (C=O) groups is 4. The van der Waals surface area contributed by atoms with Crippen molar-refractivity contribution in [3.63, 3.8) is 0 Å². The molecule has 1 aliphatic rings. The number of rotatable bonds is 4. The largest absolute Gasteiger partial charge is 0.885 e. The molecule has 1 heterocycles. The molecular weight excluding hydrogens is 319 g/mol. The van der Waals surface area contributed by atoms with E-state index in [1.165, 1.54) is 9.80 Å². The van der Waals surface area contributed by atoms with Crippen LogP contribution in [0.25, 0.3) is 0 Å². The summed E-state index contributed by atoms with van der Waals surface area (Å²) in [5, 5.41) is 17.5. The van der Waals surface area contributed by atoms with Gasteiger partial charge in [0.2, 0.25) is 0 Å². The molecule has 123 valence electrons. The van der Waals surface area contributed by atoms with Gasteiger partial charge in [-0.3, -0.25) is 29.0 Å². The van der Waals surface area contributed by atoms with Crippen molar-refractivity contribution in [3.05, 3.63) is 0 Å². The maximum absolute atomic E-state index is 11.4. The fraction of sp³-hybridized carbons (Fsp3) is 0.600. The van der Waals surface area contributed by atoms with Crippen LogP contribution in [0.2, 0.25) is 0 Å². The maximum Gasteiger partial charge on any atom is 0.885 e. The lowest BCUT2D eigenvalue weighted by molar-refractivity contribution is -0.142. The van der Waals surface area contributed by atoms with E-state index in [1.54, 1.807) is 0 Å². The van der Waals surface area contributed by atoms with Gasteiger partial charge in [0.15, 0.2) is 0 Å². The van der Waals surface area contributed by atoms with Crippen LogP contribution in [0.15, 0.2) is 0 Å². The molecule has 0 unspecified atom stereocenters. The molecule has 1 rings (SSSR count). The molecule has 0 bridgehead atoms. The molecule has 11 nitrogen and oxygen atoms in total. The molecule has 0 amide bonds. The quantitative estimate of drug-likeness (QED) is 0.494. The standard InChI is InChI=1S/C10H16N2O8.Al.H2O/c13-7(14)3-11(4-8(15)16)1-2-12(5-9(17)18)6-10(19)20;;/h1-6H2,(H,13,14)(H,15,16)(H,17,18)(H,19,20);;1H2/q;+2;/p-2. The molecule has 1 fully saturated rings. The lowest BCUT2D eigenvalue weighted by atomic mass is 10.4. The smallest absolute Gasteiger partial charge is 0.588 e. The number of carbonyl (C=O) groups excluding carboxylic acids is 2. The molecule has 0 saturated carbocycles. The van der Waals surface area contributed by atoms with Crippen molar-refractivity contribution in [2.45, 2.75) is 0 Å². The topological polar surface area (TPSA) is 165 Å². The Bertz CT molecular complexity index is 393. The van der Waals surface area contributed by atoms with Crippen LogP contribution in [-0.2, 0) is 26.8 Å². The normalized spacial score (nSPS) is 18.0. The molecule has 1 radical (unpaired) electrons. The molecular formula is C10H16AlN2O9. The number of carboxylic acids is 2. The third-order valence-corrected chi connectivity index (χ3v) is 3.23. The van der Waals surface area contributed by atoms with Crippen LogP contribution in [0.1, 0.15) is 0 Å². The van der Waals surface area contributed by atoms with E-state index in [4.69, 9.17) is 17.8 Å². The van der Waals surface area contributed by atoms with E-state index in [9.17, 15) is 19.2 Å². The van der Waals surface area contributed by atoms with E-state index in [0.29, 0.717) is 0 Å². The zero-order chi connectivity index (χ0) is 15.8. The van der Waals surface area contributed by atoms with Crippen molar-refractivity contribution in [3.8, 4) is 0 Å². The molecule has 0 aliphatic carbocycles. The SMILES string of the molecule is O.O=C(O)CN1CCN(CC(=O)O)CC(=O)[O][Al][O]C(=O)C1. The first-order valence-electron chi connectivity index (χ1n) is 5.95. The zero-order valence-corrected chi connectivity index (χ0v) is 12.7. The van der Waals surface area contributed by atoms with Gasteiger partial charge in [-0.25, -0.2) is 0 Å². The average Bonchev–Trinajstić information content (AvgIpc) is 2.35. The zero-order valence-electron chi connectivity index (χ0n) is 11.6. The minimum atomic E-state index is -1.34. The van der Waals surface area contributed by atoms with Gasteiger partial charge in [0.05, 0.1) is 26.2 Å². The monoisotopic (exact) mass is 335 g/mol. The van der Waals surface area contributed by atoms with E-state index in [-0.39, 0.29) is 44.7 Å². The number of carboxylic acid groups (broad SMARTS) is 2. The highest BCUT2D eigenvalue weighted by Crippen LogP contribution is 1.98. The van der Waals surface area contributed by atoms with E-state index in [2.05, 4.69) is 0 Å². The summed E-state index contributed by atoms with van der Waals surface area (Å²) in [5.41, 5.74) is 0. The first-order valence-corrected chi connectivity index (χ1v) is 6.90. The predicted octanol–water partition coefficient (Wildman–Crippen LogP) is -3.43. The third-order valence-electron chi connectivity index (χ3n) is 2.51. The highest BCUT2D eigenvalue weighted by Gasteiger charge is 2.23. The molecule has 0 aromatic rings. The maximum atomic E-state index is 11.4. The van der Waals surface area contributed by atoms with Gasteiger partial charge < -0.3 is 23.3 Å². The first-order chi connectivity index (χ1) is 9.86. The number of nitrogens with zero attached hydrogens (tertiary/aromatic N) is 2. The van der Waals surface area contributed by atoms with Crippen LogP contribution in [0.5, 0.6) is 0 Å². The summed E-state index contributed by atoms with van der Waals surface area (Å²) >= 11 is -1.34. The summed E-state index contributed by atoms with van der Waals surface area (Å²) < 4.78 is 9.41. The second-order valence-electron chi connectivity index (χ2n) is 4.28. The van der Waals surface area contributed by atoms with Gasteiger partial charge in [0, 0.05) is 13.1 Å². The Balaban J connectivity index is 0.00000441. The Labute approximate surface area is 132 Å². The molecule has 1 aliphatic heterocycles. The summed E-state index contributed by atoms with van der Waals surface area (Å²) in [4.78, 5) is 46.9. The van der Waals surface area contributed by atoms with Crippen molar-refractivity contribution in [2.24, 2.45) is 0 Å². The molecule has 4 N–H and O–H groups in total. The summed E-state index contributed by atoms with van der Waals surface area (Å²) in [6.45, 7) is -1.09. The van der Waals surface area contributed by atoms with Crippen molar-refractivity contribution in [1.29, 1.82) is 0 Å².